The maximum Gasteiger partial charge on any atom is 0.0895 e. The Morgan fingerprint density at radius 3 is 2.68 bits per heavy atom. The molecule has 0 saturated heterocycles. The highest BCUT2D eigenvalue weighted by atomic mass is 32.1. The predicted octanol–water partition coefficient (Wildman–Crippen LogP) is 6.33. The van der Waals surface area contributed by atoms with Crippen molar-refractivity contribution in [1.82, 2.24) is 4.98 Å². The van der Waals surface area contributed by atoms with Crippen molar-refractivity contribution in [3.63, 3.8) is 0 Å². The Kier molecular flexibility index (Phi) is 2.60. The SMILES string of the molecule is c1ccc(-c2ccnc3c2sc2cc4ccsc4cc23)cc1. The van der Waals surface area contributed by atoms with Gasteiger partial charge in [-0.2, -0.15) is 0 Å². The molecule has 0 saturated carbocycles. The largest absolute Gasteiger partial charge is 0.255 e. The van der Waals surface area contributed by atoms with Gasteiger partial charge in [-0.15, -0.1) is 22.7 Å². The van der Waals surface area contributed by atoms with Gasteiger partial charge in [0.2, 0.25) is 0 Å². The van der Waals surface area contributed by atoms with E-state index in [1.54, 1.807) is 11.3 Å². The van der Waals surface area contributed by atoms with Crippen LogP contribution in [0.5, 0.6) is 0 Å². The number of hydrogen-bond acceptors (Lipinski definition) is 3. The summed E-state index contributed by atoms with van der Waals surface area (Å²) in [6.07, 6.45) is 1.93. The molecule has 5 aromatic rings. The lowest BCUT2D eigenvalue weighted by Gasteiger charge is -2.02. The minimum atomic E-state index is 1.12. The van der Waals surface area contributed by atoms with Crippen molar-refractivity contribution in [2.24, 2.45) is 0 Å². The molecule has 0 amide bonds. The Morgan fingerprint density at radius 2 is 1.77 bits per heavy atom. The Hall–Kier alpha value is -2.23. The zero-order valence-corrected chi connectivity index (χ0v) is 13.2. The van der Waals surface area contributed by atoms with Gasteiger partial charge in [-0.25, -0.2) is 0 Å². The maximum atomic E-state index is 4.66. The van der Waals surface area contributed by atoms with Crippen molar-refractivity contribution < 1.29 is 0 Å². The standard InChI is InChI=1S/C19H11NS2/c1-2-4-12(5-3-1)14-6-8-20-18-15-11-16-13(7-9-21-16)10-17(15)22-19(14)18/h1-11H. The minimum Gasteiger partial charge on any atom is -0.255 e. The topological polar surface area (TPSA) is 12.9 Å². The molecule has 0 atom stereocenters. The second-order valence-corrected chi connectivity index (χ2v) is 7.31. The van der Waals surface area contributed by atoms with Crippen LogP contribution in [0.25, 0.3) is 41.5 Å². The summed E-state index contributed by atoms with van der Waals surface area (Å²) in [4.78, 5) is 4.66. The van der Waals surface area contributed by atoms with Crippen molar-refractivity contribution in [3.8, 4) is 11.1 Å². The number of thiophene rings is 2. The van der Waals surface area contributed by atoms with Crippen LogP contribution in [0.2, 0.25) is 0 Å². The fourth-order valence-electron chi connectivity index (χ4n) is 2.96. The van der Waals surface area contributed by atoms with E-state index in [4.69, 9.17) is 0 Å². The van der Waals surface area contributed by atoms with E-state index >= 15 is 0 Å². The molecule has 104 valence electrons. The van der Waals surface area contributed by atoms with Crippen LogP contribution in [0.3, 0.4) is 0 Å². The van der Waals surface area contributed by atoms with Crippen molar-refractivity contribution in [2.45, 2.75) is 0 Å². The van der Waals surface area contributed by atoms with Gasteiger partial charge in [-0.1, -0.05) is 30.3 Å². The Labute approximate surface area is 135 Å². The normalized spacial score (nSPS) is 11.6. The summed E-state index contributed by atoms with van der Waals surface area (Å²) < 4.78 is 3.93. The maximum absolute atomic E-state index is 4.66. The van der Waals surface area contributed by atoms with E-state index in [9.17, 15) is 0 Å². The highest BCUT2D eigenvalue weighted by molar-refractivity contribution is 7.26. The third-order valence-electron chi connectivity index (χ3n) is 4.01. The van der Waals surface area contributed by atoms with Crippen LogP contribution in [0.15, 0.2) is 66.2 Å². The molecule has 0 bridgehead atoms. The van der Waals surface area contributed by atoms with Gasteiger partial charge in [0.15, 0.2) is 0 Å². The zero-order valence-electron chi connectivity index (χ0n) is 11.6. The van der Waals surface area contributed by atoms with Gasteiger partial charge in [0.25, 0.3) is 0 Å². The second-order valence-electron chi connectivity index (χ2n) is 5.31. The van der Waals surface area contributed by atoms with E-state index in [2.05, 4.69) is 65.0 Å². The number of hydrogen-bond donors (Lipinski definition) is 0. The van der Waals surface area contributed by atoms with E-state index in [0.29, 0.717) is 0 Å². The Balaban J connectivity index is 1.92. The average molecular weight is 317 g/mol. The molecule has 5 rings (SSSR count). The molecule has 0 spiro atoms. The quantitative estimate of drug-likeness (QED) is 0.352. The van der Waals surface area contributed by atoms with Crippen LogP contribution in [0.1, 0.15) is 0 Å². The number of rotatable bonds is 1. The molecule has 0 unspecified atom stereocenters. The van der Waals surface area contributed by atoms with Crippen molar-refractivity contribution in [1.29, 1.82) is 0 Å². The van der Waals surface area contributed by atoms with E-state index in [-0.39, 0.29) is 0 Å². The van der Waals surface area contributed by atoms with Gasteiger partial charge in [0.1, 0.15) is 0 Å². The number of nitrogens with zero attached hydrogens (tertiary/aromatic N) is 1. The highest BCUT2D eigenvalue weighted by Gasteiger charge is 2.12. The molecule has 0 N–H and O–H groups in total. The minimum absolute atomic E-state index is 1.12. The summed E-state index contributed by atoms with van der Waals surface area (Å²) >= 11 is 3.64. The molecule has 0 aliphatic rings. The molecule has 0 aliphatic carbocycles. The predicted molar refractivity (Wildman–Crippen MR) is 97.9 cm³/mol. The fraction of sp³-hybridized carbons (Fsp3) is 0. The molecule has 2 aromatic carbocycles. The molecule has 3 aromatic heterocycles. The summed E-state index contributed by atoms with van der Waals surface area (Å²) in [6.45, 7) is 0. The molecule has 3 heterocycles. The second kappa shape index (κ2) is 4.63. The lowest BCUT2D eigenvalue weighted by atomic mass is 10.1. The summed E-state index contributed by atoms with van der Waals surface area (Å²) in [5.41, 5.74) is 3.65. The van der Waals surface area contributed by atoms with Gasteiger partial charge in [-0.05, 0) is 40.6 Å². The van der Waals surface area contributed by atoms with Crippen LogP contribution >= 0.6 is 22.7 Å². The summed E-state index contributed by atoms with van der Waals surface area (Å²) in [5.74, 6) is 0. The highest BCUT2D eigenvalue weighted by Crippen LogP contribution is 2.40. The molecule has 0 radical (unpaired) electrons. The molecule has 22 heavy (non-hydrogen) atoms. The average Bonchev–Trinajstić information content (AvgIpc) is 3.16. The first-order chi connectivity index (χ1) is 10.9. The number of fused-ring (bicyclic) bond motifs is 4. The third kappa shape index (κ3) is 1.73. The number of aromatic nitrogens is 1. The van der Waals surface area contributed by atoms with Crippen LogP contribution < -0.4 is 0 Å². The van der Waals surface area contributed by atoms with Gasteiger partial charge >= 0.3 is 0 Å². The Bertz CT molecular complexity index is 1120. The Morgan fingerprint density at radius 1 is 0.864 bits per heavy atom. The smallest absolute Gasteiger partial charge is 0.0895 e. The molecule has 3 heteroatoms. The summed E-state index contributed by atoms with van der Waals surface area (Å²) in [6, 6.07) is 19.5. The van der Waals surface area contributed by atoms with Crippen molar-refractivity contribution in [3.05, 3.63) is 66.2 Å². The van der Waals surface area contributed by atoms with E-state index < -0.39 is 0 Å². The van der Waals surface area contributed by atoms with Crippen LogP contribution in [-0.2, 0) is 0 Å². The molecule has 1 nitrogen and oxygen atoms in total. The van der Waals surface area contributed by atoms with Gasteiger partial charge in [-0.3, -0.25) is 4.98 Å². The third-order valence-corrected chi connectivity index (χ3v) is 6.07. The van der Waals surface area contributed by atoms with Crippen molar-refractivity contribution in [2.75, 3.05) is 0 Å². The van der Waals surface area contributed by atoms with Gasteiger partial charge in [0.05, 0.1) is 10.2 Å². The van der Waals surface area contributed by atoms with Crippen LogP contribution in [0.4, 0.5) is 0 Å². The lowest BCUT2D eigenvalue weighted by Crippen LogP contribution is -1.80. The van der Waals surface area contributed by atoms with E-state index in [1.807, 2.05) is 17.5 Å². The fourth-order valence-corrected chi connectivity index (χ4v) is 4.99. The van der Waals surface area contributed by atoms with Crippen LogP contribution in [0, 0.1) is 0 Å². The number of benzene rings is 2. The summed E-state index contributed by atoms with van der Waals surface area (Å²) in [5, 5.41) is 4.75. The first-order valence-electron chi connectivity index (χ1n) is 7.14. The monoisotopic (exact) mass is 317 g/mol. The van der Waals surface area contributed by atoms with Crippen LogP contribution in [-0.4, -0.2) is 4.98 Å². The first-order valence-corrected chi connectivity index (χ1v) is 8.84. The van der Waals surface area contributed by atoms with E-state index in [0.717, 1.165) is 5.52 Å². The van der Waals surface area contributed by atoms with Gasteiger partial charge in [0, 0.05) is 26.5 Å². The van der Waals surface area contributed by atoms with Crippen molar-refractivity contribution >= 4 is 53.1 Å². The summed E-state index contributed by atoms with van der Waals surface area (Å²) in [7, 11) is 0. The lowest BCUT2D eigenvalue weighted by molar-refractivity contribution is 1.44. The van der Waals surface area contributed by atoms with Gasteiger partial charge < -0.3 is 0 Å². The molecule has 0 aliphatic heterocycles. The first kappa shape index (κ1) is 12.3. The zero-order chi connectivity index (χ0) is 14.5. The number of pyridine rings is 1. The molecular weight excluding hydrogens is 306 g/mol. The molecule has 0 fully saturated rings. The van der Waals surface area contributed by atoms with E-state index in [1.165, 1.54) is 36.0 Å². The molecular formula is C19H11NS2.